The van der Waals surface area contributed by atoms with E-state index in [-0.39, 0.29) is 11.9 Å². The fourth-order valence-electron chi connectivity index (χ4n) is 3.67. The molecule has 2 atom stereocenters. The summed E-state index contributed by atoms with van der Waals surface area (Å²) in [6, 6.07) is 16.7. The number of halogens is 1. The minimum atomic E-state index is -0.247. The maximum Gasteiger partial charge on any atom is 0.194 e. The van der Waals surface area contributed by atoms with Crippen LogP contribution >= 0.6 is 0 Å². The normalized spacial score (nSPS) is 17.9. The molecule has 2 unspecified atom stereocenters. The van der Waals surface area contributed by atoms with Crippen molar-refractivity contribution in [2.24, 2.45) is 10.9 Å². The summed E-state index contributed by atoms with van der Waals surface area (Å²) >= 11 is 0. The molecule has 6 heteroatoms. The topological polar surface area (TPSA) is 46.1 Å². The van der Waals surface area contributed by atoms with Crippen molar-refractivity contribution >= 4 is 5.96 Å². The highest BCUT2D eigenvalue weighted by molar-refractivity contribution is 5.80. The molecule has 0 amide bonds. The molecule has 1 aliphatic heterocycles. The molecule has 0 radical (unpaired) electrons. The van der Waals surface area contributed by atoms with Crippen molar-refractivity contribution in [1.29, 1.82) is 0 Å². The number of hydrogen-bond donors (Lipinski definition) is 1. The molecule has 0 bridgehead atoms. The fraction of sp³-hybridized carbons (Fsp3) is 0.458. The summed E-state index contributed by atoms with van der Waals surface area (Å²) in [5, 5.41) is 3.39. The zero-order valence-electron chi connectivity index (χ0n) is 17.9. The Labute approximate surface area is 178 Å². The van der Waals surface area contributed by atoms with Crippen LogP contribution in [-0.4, -0.2) is 50.8 Å². The van der Waals surface area contributed by atoms with Gasteiger partial charge in [0, 0.05) is 32.7 Å². The molecule has 0 saturated carbocycles. The highest BCUT2D eigenvalue weighted by atomic mass is 19.1. The quantitative estimate of drug-likeness (QED) is 0.498. The summed E-state index contributed by atoms with van der Waals surface area (Å²) in [4.78, 5) is 7.09. The third-order valence-electron chi connectivity index (χ3n) is 5.32. The molecule has 1 N–H and O–H groups in total. The first-order chi connectivity index (χ1) is 14.7. The van der Waals surface area contributed by atoms with Gasteiger partial charge in [-0.25, -0.2) is 4.39 Å². The van der Waals surface area contributed by atoms with Crippen LogP contribution in [-0.2, 0) is 16.1 Å². The van der Waals surface area contributed by atoms with E-state index >= 15 is 0 Å². The molecule has 2 aromatic rings. The Hall–Kier alpha value is -2.44. The van der Waals surface area contributed by atoms with E-state index in [9.17, 15) is 4.39 Å². The fourth-order valence-corrected chi connectivity index (χ4v) is 3.67. The SMILES string of the molecule is CCNC(=NCC(OC)c1ccc(F)cc1)N1CCC(COCc2ccccc2)C1. The molecule has 1 fully saturated rings. The first-order valence-electron chi connectivity index (χ1n) is 10.6. The van der Waals surface area contributed by atoms with Gasteiger partial charge < -0.3 is 19.7 Å². The number of benzene rings is 2. The number of nitrogens with one attached hydrogen (secondary N) is 1. The molecule has 0 aliphatic carbocycles. The minimum Gasteiger partial charge on any atom is -0.376 e. The van der Waals surface area contributed by atoms with Crippen LogP contribution in [0.4, 0.5) is 4.39 Å². The van der Waals surface area contributed by atoms with Crippen LogP contribution in [0.1, 0.15) is 30.6 Å². The van der Waals surface area contributed by atoms with Crippen LogP contribution in [0, 0.1) is 11.7 Å². The van der Waals surface area contributed by atoms with E-state index in [1.54, 1.807) is 19.2 Å². The van der Waals surface area contributed by atoms with Gasteiger partial charge in [-0.3, -0.25) is 4.99 Å². The second-order valence-electron chi connectivity index (χ2n) is 7.57. The number of nitrogens with zero attached hydrogens (tertiary/aromatic N) is 2. The number of aliphatic imine (C=N–C) groups is 1. The number of rotatable bonds is 9. The molecule has 1 saturated heterocycles. The van der Waals surface area contributed by atoms with Crippen molar-refractivity contribution in [3.8, 4) is 0 Å². The van der Waals surface area contributed by atoms with E-state index in [0.717, 1.165) is 44.2 Å². The second kappa shape index (κ2) is 11.7. The minimum absolute atomic E-state index is 0.202. The Morgan fingerprint density at radius 2 is 1.97 bits per heavy atom. The lowest BCUT2D eigenvalue weighted by Gasteiger charge is -2.23. The van der Waals surface area contributed by atoms with E-state index in [2.05, 4.69) is 29.3 Å². The van der Waals surface area contributed by atoms with Crippen LogP contribution in [0.25, 0.3) is 0 Å². The molecule has 1 heterocycles. The molecule has 3 rings (SSSR count). The van der Waals surface area contributed by atoms with Gasteiger partial charge in [0.15, 0.2) is 5.96 Å². The summed E-state index contributed by atoms with van der Waals surface area (Å²) in [5.74, 6) is 1.14. The Balaban J connectivity index is 1.52. The van der Waals surface area contributed by atoms with E-state index in [1.807, 2.05) is 18.2 Å². The molecule has 2 aromatic carbocycles. The molecule has 162 valence electrons. The van der Waals surface area contributed by atoms with Crippen LogP contribution in [0.5, 0.6) is 0 Å². The van der Waals surface area contributed by atoms with Crippen molar-refractivity contribution in [2.75, 3.05) is 39.9 Å². The number of ether oxygens (including phenoxy) is 2. The van der Waals surface area contributed by atoms with Crippen LogP contribution in [0.15, 0.2) is 59.6 Å². The van der Waals surface area contributed by atoms with Gasteiger partial charge in [-0.1, -0.05) is 42.5 Å². The van der Waals surface area contributed by atoms with Gasteiger partial charge in [0.1, 0.15) is 11.9 Å². The Morgan fingerprint density at radius 3 is 2.67 bits per heavy atom. The van der Waals surface area contributed by atoms with Crippen molar-refractivity contribution in [2.45, 2.75) is 26.1 Å². The molecule has 0 aromatic heterocycles. The molecular weight excluding hydrogens is 381 g/mol. The van der Waals surface area contributed by atoms with E-state index < -0.39 is 0 Å². The zero-order chi connectivity index (χ0) is 21.2. The van der Waals surface area contributed by atoms with Gasteiger partial charge in [-0.2, -0.15) is 0 Å². The van der Waals surface area contributed by atoms with E-state index in [0.29, 0.717) is 19.1 Å². The average Bonchev–Trinajstić information content (AvgIpc) is 3.24. The van der Waals surface area contributed by atoms with E-state index in [1.165, 1.54) is 17.7 Å². The maximum absolute atomic E-state index is 13.2. The average molecular weight is 414 g/mol. The Bertz CT molecular complexity index is 783. The van der Waals surface area contributed by atoms with E-state index in [4.69, 9.17) is 14.5 Å². The molecule has 0 spiro atoms. The first-order valence-corrected chi connectivity index (χ1v) is 10.6. The number of guanidine groups is 1. The summed E-state index contributed by atoms with van der Waals surface area (Å²) in [6.45, 7) is 6.64. The second-order valence-corrected chi connectivity index (χ2v) is 7.57. The monoisotopic (exact) mass is 413 g/mol. The lowest BCUT2D eigenvalue weighted by atomic mass is 10.1. The van der Waals surface area contributed by atoms with Crippen LogP contribution in [0.3, 0.4) is 0 Å². The molecule has 5 nitrogen and oxygen atoms in total. The number of methoxy groups -OCH3 is 1. The van der Waals surface area contributed by atoms with Crippen LogP contribution in [0.2, 0.25) is 0 Å². The highest BCUT2D eigenvalue weighted by Gasteiger charge is 2.25. The van der Waals surface area contributed by atoms with Gasteiger partial charge in [0.2, 0.25) is 0 Å². The van der Waals surface area contributed by atoms with Crippen molar-refractivity contribution < 1.29 is 13.9 Å². The third kappa shape index (κ3) is 6.54. The zero-order valence-corrected chi connectivity index (χ0v) is 17.9. The number of hydrogen-bond acceptors (Lipinski definition) is 3. The van der Waals surface area contributed by atoms with Crippen molar-refractivity contribution in [3.63, 3.8) is 0 Å². The van der Waals surface area contributed by atoms with Gasteiger partial charge in [-0.15, -0.1) is 0 Å². The molecular formula is C24H32FN3O2. The summed E-state index contributed by atoms with van der Waals surface area (Å²) in [5.41, 5.74) is 2.13. The maximum atomic E-state index is 13.2. The highest BCUT2D eigenvalue weighted by Crippen LogP contribution is 2.20. The Morgan fingerprint density at radius 1 is 1.20 bits per heavy atom. The predicted octanol–water partition coefficient (Wildman–Crippen LogP) is 4.02. The third-order valence-corrected chi connectivity index (χ3v) is 5.32. The summed E-state index contributed by atoms with van der Waals surface area (Å²) in [6.07, 6.45) is 0.886. The number of likely N-dealkylation sites (tertiary alicyclic amines) is 1. The standard InChI is InChI=1S/C24H32FN3O2/c1-3-26-24(27-15-23(29-2)21-9-11-22(25)12-10-21)28-14-13-20(16-28)18-30-17-19-7-5-4-6-8-19/h4-12,20,23H,3,13-18H2,1-2H3,(H,26,27). The van der Waals surface area contributed by atoms with Gasteiger partial charge in [-0.05, 0) is 36.6 Å². The van der Waals surface area contributed by atoms with Crippen molar-refractivity contribution in [3.05, 3.63) is 71.5 Å². The Kier molecular flexibility index (Phi) is 8.66. The van der Waals surface area contributed by atoms with Crippen molar-refractivity contribution in [1.82, 2.24) is 10.2 Å². The lowest BCUT2D eigenvalue weighted by molar-refractivity contribution is 0.0906. The van der Waals surface area contributed by atoms with Crippen LogP contribution < -0.4 is 5.32 Å². The van der Waals surface area contributed by atoms with Gasteiger partial charge in [0.05, 0.1) is 19.8 Å². The summed E-state index contributed by atoms with van der Waals surface area (Å²) in [7, 11) is 1.66. The predicted molar refractivity (Wildman–Crippen MR) is 118 cm³/mol. The molecule has 30 heavy (non-hydrogen) atoms. The summed E-state index contributed by atoms with van der Waals surface area (Å²) < 4.78 is 24.7. The lowest BCUT2D eigenvalue weighted by Crippen LogP contribution is -2.40. The smallest absolute Gasteiger partial charge is 0.194 e. The van der Waals surface area contributed by atoms with Gasteiger partial charge in [0.25, 0.3) is 0 Å². The molecule has 1 aliphatic rings. The first kappa shape index (κ1) is 22.2. The largest absolute Gasteiger partial charge is 0.376 e. The van der Waals surface area contributed by atoms with Gasteiger partial charge >= 0.3 is 0 Å².